The number of nitrogens with zero attached hydrogens (tertiary/aromatic N) is 2. The normalized spacial score (nSPS) is 13.2. The smallest absolute Gasteiger partial charge is 0.262 e. The third kappa shape index (κ3) is 2.76. The van der Waals surface area contributed by atoms with Crippen LogP contribution in [0.2, 0.25) is 5.02 Å². The minimum Gasteiger partial charge on any atom is -0.482 e. The molecule has 0 spiro atoms. The number of rotatable bonds is 2. The molecule has 0 bridgehead atoms. The Morgan fingerprint density at radius 1 is 1.16 bits per heavy atom. The van der Waals surface area contributed by atoms with Crippen LogP contribution in [0.3, 0.4) is 0 Å². The van der Waals surface area contributed by atoms with Crippen LogP contribution in [0, 0.1) is 6.92 Å². The van der Waals surface area contributed by atoms with Gasteiger partial charge in [0.05, 0.1) is 17.1 Å². The van der Waals surface area contributed by atoms with Crippen LogP contribution in [0.15, 0.2) is 42.5 Å². The molecular formula is C19H16ClN3O2. The summed E-state index contributed by atoms with van der Waals surface area (Å²) in [7, 11) is 1.92. The molecule has 3 aromatic rings. The molecular weight excluding hydrogens is 338 g/mol. The van der Waals surface area contributed by atoms with Crippen molar-refractivity contribution in [3.63, 3.8) is 0 Å². The highest BCUT2D eigenvalue weighted by atomic mass is 35.5. The van der Waals surface area contributed by atoms with Gasteiger partial charge in [0.1, 0.15) is 5.75 Å². The van der Waals surface area contributed by atoms with Crippen LogP contribution >= 0.6 is 11.6 Å². The molecule has 0 atom stereocenters. The lowest BCUT2D eigenvalue weighted by atomic mass is 9.98. The van der Waals surface area contributed by atoms with Crippen LogP contribution in [0.4, 0.5) is 5.69 Å². The van der Waals surface area contributed by atoms with Gasteiger partial charge in [-0.15, -0.1) is 0 Å². The van der Waals surface area contributed by atoms with Gasteiger partial charge in [-0.05, 0) is 36.8 Å². The average molecular weight is 354 g/mol. The van der Waals surface area contributed by atoms with Gasteiger partial charge in [0.15, 0.2) is 6.61 Å². The Balaban J connectivity index is 1.87. The van der Waals surface area contributed by atoms with E-state index >= 15 is 0 Å². The zero-order chi connectivity index (χ0) is 17.6. The first-order valence-electron chi connectivity index (χ1n) is 7.89. The van der Waals surface area contributed by atoms with Gasteiger partial charge in [-0.2, -0.15) is 5.10 Å². The summed E-state index contributed by atoms with van der Waals surface area (Å²) < 4.78 is 7.31. The lowest BCUT2D eigenvalue weighted by Crippen LogP contribution is -2.25. The van der Waals surface area contributed by atoms with Crippen LogP contribution in [0.25, 0.3) is 22.4 Å². The van der Waals surface area contributed by atoms with E-state index < -0.39 is 0 Å². The molecule has 0 saturated heterocycles. The molecule has 4 rings (SSSR count). The molecule has 0 radical (unpaired) electrons. The predicted octanol–water partition coefficient (Wildman–Crippen LogP) is 4.05. The third-order valence-electron chi connectivity index (χ3n) is 4.24. The molecule has 6 heteroatoms. The summed E-state index contributed by atoms with van der Waals surface area (Å²) in [5, 5.41) is 8.13. The number of hydrogen-bond acceptors (Lipinski definition) is 3. The van der Waals surface area contributed by atoms with Crippen LogP contribution < -0.4 is 10.1 Å². The van der Waals surface area contributed by atoms with Crippen LogP contribution in [0.1, 0.15) is 5.69 Å². The minimum atomic E-state index is -0.148. The number of anilines is 1. The monoisotopic (exact) mass is 353 g/mol. The van der Waals surface area contributed by atoms with Crippen molar-refractivity contribution in [1.29, 1.82) is 0 Å². The van der Waals surface area contributed by atoms with Crippen molar-refractivity contribution in [3.8, 4) is 28.1 Å². The van der Waals surface area contributed by atoms with Crippen LogP contribution in [-0.2, 0) is 11.8 Å². The van der Waals surface area contributed by atoms with E-state index in [1.54, 1.807) is 0 Å². The van der Waals surface area contributed by atoms with E-state index in [9.17, 15) is 4.79 Å². The van der Waals surface area contributed by atoms with E-state index in [0.29, 0.717) is 16.5 Å². The van der Waals surface area contributed by atoms with Crippen molar-refractivity contribution in [3.05, 3.63) is 53.2 Å². The van der Waals surface area contributed by atoms with Gasteiger partial charge in [-0.1, -0.05) is 29.8 Å². The lowest BCUT2D eigenvalue weighted by molar-refractivity contribution is -0.118. The molecule has 1 aromatic heterocycles. The molecule has 0 aliphatic carbocycles. The molecule has 25 heavy (non-hydrogen) atoms. The highest BCUT2D eigenvalue weighted by molar-refractivity contribution is 6.30. The van der Waals surface area contributed by atoms with E-state index in [2.05, 4.69) is 10.4 Å². The molecule has 2 heterocycles. The number of carbonyl (C=O) groups is 1. The zero-order valence-electron chi connectivity index (χ0n) is 13.8. The molecule has 2 aromatic carbocycles. The SMILES string of the molecule is Cc1nn(C)c(-c2ccc(Cl)cc2)c1-c1ccc2c(c1)NC(=O)CO2. The molecule has 0 unspecified atom stereocenters. The van der Waals surface area contributed by atoms with Gasteiger partial charge in [0.2, 0.25) is 0 Å². The van der Waals surface area contributed by atoms with Gasteiger partial charge >= 0.3 is 0 Å². The van der Waals surface area contributed by atoms with Crippen molar-refractivity contribution < 1.29 is 9.53 Å². The molecule has 5 nitrogen and oxygen atoms in total. The second-order valence-corrected chi connectivity index (χ2v) is 6.42. The molecule has 1 aliphatic heterocycles. The van der Waals surface area contributed by atoms with E-state index in [-0.39, 0.29) is 12.5 Å². The lowest BCUT2D eigenvalue weighted by Gasteiger charge is -2.19. The van der Waals surface area contributed by atoms with Crippen molar-refractivity contribution in [2.45, 2.75) is 6.92 Å². The van der Waals surface area contributed by atoms with Gasteiger partial charge in [0, 0.05) is 23.2 Å². The summed E-state index contributed by atoms with van der Waals surface area (Å²) in [4.78, 5) is 11.6. The zero-order valence-corrected chi connectivity index (χ0v) is 14.6. The van der Waals surface area contributed by atoms with Crippen molar-refractivity contribution in [1.82, 2.24) is 9.78 Å². The number of aromatic nitrogens is 2. The van der Waals surface area contributed by atoms with E-state index in [4.69, 9.17) is 16.3 Å². The minimum absolute atomic E-state index is 0.0499. The van der Waals surface area contributed by atoms with Gasteiger partial charge in [0.25, 0.3) is 5.91 Å². The fourth-order valence-corrected chi connectivity index (χ4v) is 3.31. The van der Waals surface area contributed by atoms with E-state index in [1.165, 1.54) is 0 Å². The van der Waals surface area contributed by atoms with Crippen molar-refractivity contribution in [2.24, 2.45) is 7.05 Å². The second kappa shape index (κ2) is 5.93. The fourth-order valence-electron chi connectivity index (χ4n) is 3.18. The van der Waals surface area contributed by atoms with E-state index in [0.717, 1.165) is 28.1 Å². The Labute approximate surface area is 150 Å². The average Bonchev–Trinajstić information content (AvgIpc) is 2.89. The number of nitrogens with one attached hydrogen (secondary N) is 1. The standard InChI is InChI=1S/C19H16ClN3O2/c1-11-18(13-5-8-16-15(9-13)21-17(24)10-25-16)19(23(2)22-11)12-3-6-14(20)7-4-12/h3-9H,10H2,1-2H3,(H,21,24). The molecule has 0 saturated carbocycles. The summed E-state index contributed by atoms with van der Waals surface area (Å²) >= 11 is 6.02. The summed E-state index contributed by atoms with van der Waals surface area (Å²) in [6.45, 7) is 2.03. The maximum Gasteiger partial charge on any atom is 0.262 e. The molecule has 1 N–H and O–H groups in total. The first-order chi connectivity index (χ1) is 12.0. The maximum absolute atomic E-state index is 11.6. The Morgan fingerprint density at radius 3 is 2.64 bits per heavy atom. The number of aryl methyl sites for hydroxylation is 2. The Morgan fingerprint density at radius 2 is 1.88 bits per heavy atom. The highest BCUT2D eigenvalue weighted by Crippen LogP contribution is 2.38. The van der Waals surface area contributed by atoms with Crippen LogP contribution in [0.5, 0.6) is 5.75 Å². The van der Waals surface area contributed by atoms with Crippen molar-refractivity contribution >= 4 is 23.2 Å². The highest BCUT2D eigenvalue weighted by Gasteiger charge is 2.21. The van der Waals surface area contributed by atoms with Crippen LogP contribution in [-0.4, -0.2) is 22.3 Å². The Bertz CT molecular complexity index is 977. The summed E-state index contributed by atoms with van der Waals surface area (Å²) in [5.74, 6) is 0.531. The predicted molar refractivity (Wildman–Crippen MR) is 98.0 cm³/mol. The summed E-state index contributed by atoms with van der Waals surface area (Å²) in [6, 6.07) is 13.5. The summed E-state index contributed by atoms with van der Waals surface area (Å²) in [6.07, 6.45) is 0. The fraction of sp³-hybridized carbons (Fsp3) is 0.158. The molecule has 126 valence electrons. The van der Waals surface area contributed by atoms with E-state index in [1.807, 2.05) is 61.1 Å². The maximum atomic E-state index is 11.6. The molecule has 0 fully saturated rings. The number of hydrogen-bond donors (Lipinski definition) is 1. The number of benzene rings is 2. The Hall–Kier alpha value is -2.79. The number of amides is 1. The molecule has 1 aliphatic rings. The molecule has 1 amide bonds. The first-order valence-corrected chi connectivity index (χ1v) is 8.27. The number of ether oxygens (including phenoxy) is 1. The van der Waals surface area contributed by atoms with Gasteiger partial charge < -0.3 is 10.1 Å². The Kier molecular flexibility index (Phi) is 3.73. The number of carbonyl (C=O) groups excluding carboxylic acids is 1. The third-order valence-corrected chi connectivity index (χ3v) is 4.49. The van der Waals surface area contributed by atoms with Crippen molar-refractivity contribution in [2.75, 3.05) is 11.9 Å². The quantitative estimate of drug-likeness (QED) is 0.756. The number of halogens is 1. The van der Waals surface area contributed by atoms with Gasteiger partial charge in [-0.25, -0.2) is 0 Å². The van der Waals surface area contributed by atoms with Gasteiger partial charge in [-0.3, -0.25) is 9.48 Å². The summed E-state index contributed by atoms with van der Waals surface area (Å²) in [5.41, 5.74) is 5.61. The second-order valence-electron chi connectivity index (χ2n) is 5.99. The number of fused-ring (bicyclic) bond motifs is 1. The first kappa shape index (κ1) is 15.7. The largest absolute Gasteiger partial charge is 0.482 e. The topological polar surface area (TPSA) is 56.2 Å².